The normalized spacial score (nSPS) is 20.2. The zero-order valence-electron chi connectivity index (χ0n) is 18.0. The van der Waals surface area contributed by atoms with E-state index in [2.05, 4.69) is 44.8 Å². The Kier molecular flexibility index (Phi) is 7.47. The molecule has 0 radical (unpaired) electrons. The Hall–Kier alpha value is -1.39. The molecule has 1 aromatic carbocycles. The van der Waals surface area contributed by atoms with Crippen LogP contribution in [0.4, 0.5) is 0 Å². The molecule has 0 saturated carbocycles. The van der Waals surface area contributed by atoms with Gasteiger partial charge in [0.2, 0.25) is 0 Å². The van der Waals surface area contributed by atoms with E-state index in [1.54, 1.807) is 0 Å². The van der Waals surface area contributed by atoms with Crippen molar-refractivity contribution in [3.05, 3.63) is 35.9 Å². The maximum atomic E-state index is 13.3. The first-order valence-corrected chi connectivity index (χ1v) is 10.4. The molecule has 152 valence electrons. The van der Waals surface area contributed by atoms with Crippen LogP contribution in [0, 0.1) is 0 Å². The third-order valence-electron chi connectivity index (χ3n) is 5.34. The molecule has 2 rings (SSSR count). The van der Waals surface area contributed by atoms with E-state index in [0.29, 0.717) is 6.61 Å². The van der Waals surface area contributed by atoms with Crippen LogP contribution in [-0.4, -0.2) is 40.6 Å². The lowest BCUT2D eigenvalue weighted by Crippen LogP contribution is -2.63. The second kappa shape index (κ2) is 9.20. The Balaban J connectivity index is 2.08. The van der Waals surface area contributed by atoms with E-state index >= 15 is 0 Å². The second-order valence-corrected chi connectivity index (χ2v) is 9.28. The molecule has 27 heavy (non-hydrogen) atoms. The SMILES string of the molecule is CCCCN(C(=O)C(C)OCc1ccccc1)C1CC(C)(C)NC(C)(C)C1. The molecule has 1 aromatic rings. The van der Waals surface area contributed by atoms with E-state index in [4.69, 9.17) is 4.74 Å². The third kappa shape index (κ3) is 6.62. The molecule has 1 N–H and O–H groups in total. The van der Waals surface area contributed by atoms with Crippen molar-refractivity contribution < 1.29 is 9.53 Å². The monoisotopic (exact) mass is 374 g/mol. The van der Waals surface area contributed by atoms with Gasteiger partial charge in [0.1, 0.15) is 6.10 Å². The van der Waals surface area contributed by atoms with Crippen LogP contribution in [0.1, 0.15) is 72.8 Å². The number of carbonyl (C=O) groups excluding carboxylic acids is 1. The fourth-order valence-electron chi connectivity index (χ4n) is 4.39. The molecule has 0 bridgehead atoms. The summed E-state index contributed by atoms with van der Waals surface area (Å²) in [7, 11) is 0. The molecular formula is C23H38N2O2. The predicted octanol–water partition coefficient (Wildman–Crippen LogP) is 4.53. The summed E-state index contributed by atoms with van der Waals surface area (Å²) in [4.78, 5) is 15.4. The van der Waals surface area contributed by atoms with Crippen LogP contribution in [0.15, 0.2) is 30.3 Å². The highest BCUT2D eigenvalue weighted by atomic mass is 16.5. The summed E-state index contributed by atoms with van der Waals surface area (Å²) in [5.74, 6) is 0.123. The van der Waals surface area contributed by atoms with Crippen molar-refractivity contribution in [2.45, 2.75) is 97.1 Å². The molecule has 4 heteroatoms. The molecule has 0 aliphatic carbocycles. The highest BCUT2D eigenvalue weighted by molar-refractivity contribution is 5.81. The van der Waals surface area contributed by atoms with E-state index in [0.717, 1.165) is 37.8 Å². The van der Waals surface area contributed by atoms with Crippen molar-refractivity contribution in [3.8, 4) is 0 Å². The first kappa shape index (κ1) is 21.9. The highest BCUT2D eigenvalue weighted by Crippen LogP contribution is 2.32. The summed E-state index contributed by atoms with van der Waals surface area (Å²) in [5.41, 5.74) is 1.14. The van der Waals surface area contributed by atoms with Crippen LogP contribution >= 0.6 is 0 Å². The predicted molar refractivity (Wildman–Crippen MR) is 112 cm³/mol. The van der Waals surface area contributed by atoms with E-state index in [9.17, 15) is 4.79 Å². The van der Waals surface area contributed by atoms with Gasteiger partial charge in [-0.25, -0.2) is 0 Å². The molecule has 1 aliphatic rings. The van der Waals surface area contributed by atoms with E-state index in [1.807, 2.05) is 37.3 Å². The number of ether oxygens (including phenoxy) is 1. The first-order valence-electron chi connectivity index (χ1n) is 10.4. The average molecular weight is 375 g/mol. The second-order valence-electron chi connectivity index (χ2n) is 9.28. The van der Waals surface area contributed by atoms with Gasteiger partial charge in [-0.05, 0) is 59.4 Å². The van der Waals surface area contributed by atoms with Crippen LogP contribution in [0.25, 0.3) is 0 Å². The van der Waals surface area contributed by atoms with Crippen molar-refractivity contribution in [1.82, 2.24) is 10.2 Å². The molecule has 4 nitrogen and oxygen atoms in total. The van der Waals surface area contributed by atoms with Crippen molar-refractivity contribution in [1.29, 1.82) is 0 Å². The first-order chi connectivity index (χ1) is 12.6. The maximum Gasteiger partial charge on any atom is 0.251 e. The minimum atomic E-state index is -0.428. The molecule has 1 atom stereocenters. The fourth-order valence-corrected chi connectivity index (χ4v) is 4.39. The number of unbranched alkanes of at least 4 members (excludes halogenated alkanes) is 1. The molecule has 0 spiro atoms. The van der Waals surface area contributed by atoms with Crippen LogP contribution in [0.3, 0.4) is 0 Å². The number of piperidine rings is 1. The summed E-state index contributed by atoms with van der Waals surface area (Å²) in [5, 5.41) is 3.72. The Labute approximate surface area is 165 Å². The highest BCUT2D eigenvalue weighted by Gasteiger charge is 2.41. The van der Waals surface area contributed by atoms with Gasteiger partial charge in [-0.2, -0.15) is 0 Å². The molecular weight excluding hydrogens is 336 g/mol. The number of hydrogen-bond donors (Lipinski definition) is 1. The Morgan fingerprint density at radius 2 is 1.78 bits per heavy atom. The lowest BCUT2D eigenvalue weighted by atomic mass is 9.79. The van der Waals surface area contributed by atoms with E-state index in [-0.39, 0.29) is 23.0 Å². The number of hydrogen-bond acceptors (Lipinski definition) is 3. The third-order valence-corrected chi connectivity index (χ3v) is 5.34. The minimum Gasteiger partial charge on any atom is -0.364 e. The van der Waals surface area contributed by atoms with Crippen LogP contribution in [0.5, 0.6) is 0 Å². The Morgan fingerprint density at radius 3 is 2.33 bits per heavy atom. The number of carbonyl (C=O) groups is 1. The molecule has 1 heterocycles. The molecule has 1 fully saturated rings. The summed E-state index contributed by atoms with van der Waals surface area (Å²) in [6.07, 6.45) is 3.63. The zero-order valence-corrected chi connectivity index (χ0v) is 18.0. The number of benzene rings is 1. The number of nitrogens with one attached hydrogen (secondary N) is 1. The largest absolute Gasteiger partial charge is 0.364 e. The van der Waals surface area contributed by atoms with Gasteiger partial charge >= 0.3 is 0 Å². The summed E-state index contributed by atoms with van der Waals surface area (Å²) in [6, 6.07) is 10.3. The molecule has 0 aromatic heterocycles. The number of nitrogens with zero attached hydrogens (tertiary/aromatic N) is 1. The Bertz CT molecular complexity index is 582. The summed E-state index contributed by atoms with van der Waals surface area (Å²) in [6.45, 7) is 14.3. The number of rotatable bonds is 8. The fraction of sp³-hybridized carbons (Fsp3) is 0.696. The lowest BCUT2D eigenvalue weighted by Gasteiger charge is -2.50. The van der Waals surface area contributed by atoms with Gasteiger partial charge in [-0.15, -0.1) is 0 Å². The van der Waals surface area contributed by atoms with Crippen LogP contribution in [0.2, 0.25) is 0 Å². The van der Waals surface area contributed by atoms with E-state index < -0.39 is 6.10 Å². The molecule has 1 aliphatic heterocycles. The van der Waals surface area contributed by atoms with Crippen LogP contribution in [-0.2, 0) is 16.1 Å². The standard InChI is InChI=1S/C23H38N2O2/c1-7-8-14-25(20-15-22(3,4)24-23(5,6)16-20)21(26)18(2)27-17-19-12-10-9-11-13-19/h9-13,18,20,24H,7-8,14-17H2,1-6H3. The molecule has 1 saturated heterocycles. The lowest BCUT2D eigenvalue weighted by molar-refractivity contribution is -0.147. The van der Waals surface area contributed by atoms with E-state index in [1.165, 1.54) is 0 Å². The van der Waals surface area contributed by atoms with Gasteiger partial charge in [0.25, 0.3) is 5.91 Å². The van der Waals surface area contributed by atoms with Gasteiger partial charge in [-0.3, -0.25) is 4.79 Å². The van der Waals surface area contributed by atoms with Gasteiger partial charge in [0.05, 0.1) is 6.61 Å². The zero-order chi connectivity index (χ0) is 20.1. The Morgan fingerprint density at radius 1 is 1.19 bits per heavy atom. The van der Waals surface area contributed by atoms with Gasteiger partial charge in [-0.1, -0.05) is 43.7 Å². The maximum absolute atomic E-state index is 13.3. The number of amides is 1. The van der Waals surface area contributed by atoms with Crippen LogP contribution < -0.4 is 5.32 Å². The van der Waals surface area contributed by atoms with Gasteiger partial charge < -0.3 is 15.0 Å². The van der Waals surface area contributed by atoms with Gasteiger partial charge in [0, 0.05) is 23.7 Å². The minimum absolute atomic E-state index is 0.0191. The van der Waals surface area contributed by atoms with Gasteiger partial charge in [0.15, 0.2) is 0 Å². The average Bonchev–Trinajstić information content (AvgIpc) is 2.58. The smallest absolute Gasteiger partial charge is 0.251 e. The van der Waals surface area contributed by atoms with Crippen molar-refractivity contribution in [2.75, 3.05) is 6.54 Å². The quantitative estimate of drug-likeness (QED) is 0.727. The molecule has 1 amide bonds. The molecule has 1 unspecified atom stereocenters. The summed E-state index contributed by atoms with van der Waals surface area (Å²) < 4.78 is 5.94. The van der Waals surface area contributed by atoms with Crippen molar-refractivity contribution in [3.63, 3.8) is 0 Å². The van der Waals surface area contributed by atoms with Crippen molar-refractivity contribution in [2.24, 2.45) is 0 Å². The van der Waals surface area contributed by atoms with Crippen molar-refractivity contribution >= 4 is 5.91 Å². The topological polar surface area (TPSA) is 41.6 Å². The summed E-state index contributed by atoms with van der Waals surface area (Å²) >= 11 is 0.